The predicted octanol–water partition coefficient (Wildman–Crippen LogP) is 2.43. The molecule has 2 heterocycles. The number of benzene rings is 2. The fourth-order valence-electron chi connectivity index (χ4n) is 3.55. The molecule has 0 atom stereocenters. The van der Waals surface area contributed by atoms with Crippen LogP contribution in [0.5, 0.6) is 5.75 Å². The molecule has 0 saturated carbocycles. The molecule has 29 heavy (non-hydrogen) atoms. The Morgan fingerprint density at radius 2 is 1.97 bits per heavy atom. The molecule has 2 aromatic rings. The zero-order valence-corrected chi connectivity index (χ0v) is 16.4. The van der Waals surface area contributed by atoms with Gasteiger partial charge in [-0.2, -0.15) is 5.26 Å². The quantitative estimate of drug-likeness (QED) is 0.615. The Hall–Kier alpha value is -3.08. The van der Waals surface area contributed by atoms with Gasteiger partial charge in [0.25, 0.3) is 0 Å². The summed E-state index contributed by atoms with van der Waals surface area (Å²) in [5, 5.41) is 12.5. The Labute approximate surface area is 173 Å². The molecule has 2 aliphatic rings. The van der Waals surface area contributed by atoms with Crippen molar-refractivity contribution in [3.05, 3.63) is 52.5 Å². The number of anilines is 2. The van der Waals surface area contributed by atoms with E-state index < -0.39 is 0 Å². The standard InChI is InChI=1S/C21H19ClN4O3/c22-18-4-3-17(9-15(18)12-23)26-7-5-25(6-8-26)13-20(27)24-16-2-1-14-10-21(28)29-19(14)11-16/h1-4,9,11H,5-8,10,13H2,(H,24,27). The van der Waals surface area contributed by atoms with Crippen molar-refractivity contribution in [1.82, 2.24) is 4.90 Å². The van der Waals surface area contributed by atoms with Crippen molar-refractivity contribution in [1.29, 1.82) is 5.26 Å². The number of hydrogen-bond donors (Lipinski definition) is 1. The average Bonchev–Trinajstić information content (AvgIpc) is 3.08. The SMILES string of the molecule is N#Cc1cc(N2CCN(CC(=O)Nc3ccc4c(c3)OC(=O)C4)CC2)ccc1Cl. The zero-order chi connectivity index (χ0) is 20.4. The lowest BCUT2D eigenvalue weighted by atomic mass is 10.1. The molecule has 0 aliphatic carbocycles. The third-order valence-corrected chi connectivity index (χ3v) is 5.41. The zero-order valence-electron chi connectivity index (χ0n) is 15.7. The monoisotopic (exact) mass is 410 g/mol. The van der Waals surface area contributed by atoms with Crippen molar-refractivity contribution >= 4 is 34.9 Å². The number of rotatable bonds is 4. The first-order valence-corrected chi connectivity index (χ1v) is 9.70. The summed E-state index contributed by atoms with van der Waals surface area (Å²) >= 11 is 6.00. The highest BCUT2D eigenvalue weighted by Crippen LogP contribution is 2.29. The Morgan fingerprint density at radius 1 is 1.17 bits per heavy atom. The molecule has 8 heteroatoms. The minimum atomic E-state index is -0.274. The molecule has 1 N–H and O–H groups in total. The van der Waals surface area contributed by atoms with Crippen LogP contribution in [0.2, 0.25) is 5.02 Å². The van der Waals surface area contributed by atoms with Crippen molar-refractivity contribution in [3.8, 4) is 11.8 Å². The number of esters is 1. The second kappa shape index (κ2) is 8.11. The topological polar surface area (TPSA) is 85.7 Å². The number of nitrogens with zero attached hydrogens (tertiary/aromatic N) is 3. The van der Waals surface area contributed by atoms with Crippen LogP contribution in [0.4, 0.5) is 11.4 Å². The van der Waals surface area contributed by atoms with Crippen LogP contribution in [0.1, 0.15) is 11.1 Å². The van der Waals surface area contributed by atoms with Gasteiger partial charge in [0.05, 0.1) is 23.6 Å². The molecule has 0 radical (unpaired) electrons. The molecule has 1 fully saturated rings. The van der Waals surface area contributed by atoms with E-state index in [-0.39, 0.29) is 24.8 Å². The largest absolute Gasteiger partial charge is 0.426 e. The Balaban J connectivity index is 1.30. The van der Waals surface area contributed by atoms with Gasteiger partial charge in [0, 0.05) is 49.2 Å². The van der Waals surface area contributed by atoms with Gasteiger partial charge in [-0.1, -0.05) is 17.7 Å². The number of piperazine rings is 1. The number of carbonyl (C=O) groups excluding carboxylic acids is 2. The lowest BCUT2D eigenvalue weighted by Gasteiger charge is -2.35. The summed E-state index contributed by atoms with van der Waals surface area (Å²) in [6.45, 7) is 3.28. The molecule has 4 rings (SSSR count). The van der Waals surface area contributed by atoms with E-state index in [0.717, 1.165) is 37.4 Å². The molecule has 0 aromatic heterocycles. The lowest BCUT2D eigenvalue weighted by molar-refractivity contribution is -0.131. The van der Waals surface area contributed by atoms with Gasteiger partial charge in [0.15, 0.2) is 0 Å². The second-order valence-electron chi connectivity index (χ2n) is 7.06. The highest BCUT2D eigenvalue weighted by molar-refractivity contribution is 6.31. The van der Waals surface area contributed by atoms with E-state index >= 15 is 0 Å². The maximum atomic E-state index is 12.4. The smallest absolute Gasteiger partial charge is 0.315 e. The molecule has 7 nitrogen and oxygen atoms in total. The number of halogens is 1. The Kier molecular flexibility index (Phi) is 5.38. The number of ether oxygens (including phenoxy) is 1. The number of nitrogens with one attached hydrogen (secondary N) is 1. The van der Waals surface area contributed by atoms with Gasteiger partial charge in [-0.05, 0) is 24.3 Å². The molecule has 2 aromatic carbocycles. The van der Waals surface area contributed by atoms with Crippen LogP contribution in [0, 0.1) is 11.3 Å². The predicted molar refractivity (Wildman–Crippen MR) is 109 cm³/mol. The van der Waals surface area contributed by atoms with Crippen molar-refractivity contribution < 1.29 is 14.3 Å². The first-order chi connectivity index (χ1) is 14.0. The van der Waals surface area contributed by atoms with Crippen LogP contribution in [0.3, 0.4) is 0 Å². The Bertz CT molecular complexity index is 1010. The number of amides is 1. The van der Waals surface area contributed by atoms with Crippen LogP contribution in [-0.2, 0) is 16.0 Å². The van der Waals surface area contributed by atoms with Gasteiger partial charge in [0.2, 0.25) is 5.91 Å². The normalized spacial score (nSPS) is 16.1. The fraction of sp³-hybridized carbons (Fsp3) is 0.286. The van der Waals surface area contributed by atoms with Gasteiger partial charge in [0.1, 0.15) is 11.8 Å². The number of fused-ring (bicyclic) bond motifs is 1. The third kappa shape index (κ3) is 4.34. The average molecular weight is 411 g/mol. The van der Waals surface area contributed by atoms with E-state index in [0.29, 0.717) is 22.0 Å². The van der Waals surface area contributed by atoms with Gasteiger partial charge < -0.3 is 15.0 Å². The van der Waals surface area contributed by atoms with Crippen LogP contribution >= 0.6 is 11.6 Å². The summed E-state index contributed by atoms with van der Waals surface area (Å²) in [4.78, 5) is 28.0. The minimum absolute atomic E-state index is 0.110. The van der Waals surface area contributed by atoms with Gasteiger partial charge in [-0.3, -0.25) is 14.5 Å². The molecule has 0 bridgehead atoms. The van der Waals surface area contributed by atoms with E-state index in [1.165, 1.54) is 0 Å². The van der Waals surface area contributed by atoms with Crippen molar-refractivity contribution in [2.75, 3.05) is 42.9 Å². The summed E-state index contributed by atoms with van der Waals surface area (Å²) < 4.78 is 5.12. The maximum Gasteiger partial charge on any atom is 0.315 e. The van der Waals surface area contributed by atoms with E-state index in [9.17, 15) is 9.59 Å². The molecule has 148 valence electrons. The summed E-state index contributed by atoms with van der Waals surface area (Å²) in [6.07, 6.45) is 0.275. The first kappa shape index (κ1) is 19.2. The van der Waals surface area contributed by atoms with Crippen molar-refractivity contribution in [2.24, 2.45) is 0 Å². The van der Waals surface area contributed by atoms with Crippen LogP contribution < -0.4 is 15.0 Å². The molecule has 1 saturated heterocycles. The van der Waals surface area contributed by atoms with Crippen LogP contribution in [0.15, 0.2) is 36.4 Å². The van der Waals surface area contributed by atoms with E-state index in [2.05, 4.69) is 21.2 Å². The minimum Gasteiger partial charge on any atom is -0.426 e. The molecule has 2 aliphatic heterocycles. The molecular weight excluding hydrogens is 392 g/mol. The lowest BCUT2D eigenvalue weighted by Crippen LogP contribution is -2.48. The van der Waals surface area contributed by atoms with Gasteiger partial charge in [-0.15, -0.1) is 0 Å². The summed E-state index contributed by atoms with van der Waals surface area (Å²) in [5.74, 6) is 0.131. The molecular formula is C21H19ClN4O3. The summed E-state index contributed by atoms with van der Waals surface area (Å²) in [6, 6.07) is 12.8. The van der Waals surface area contributed by atoms with E-state index in [1.807, 2.05) is 6.07 Å². The summed E-state index contributed by atoms with van der Waals surface area (Å²) in [7, 11) is 0. The maximum absolute atomic E-state index is 12.4. The highest BCUT2D eigenvalue weighted by Gasteiger charge is 2.22. The molecule has 0 spiro atoms. The van der Waals surface area contributed by atoms with Crippen molar-refractivity contribution in [3.63, 3.8) is 0 Å². The van der Waals surface area contributed by atoms with Gasteiger partial charge >= 0.3 is 5.97 Å². The molecule has 1 amide bonds. The third-order valence-electron chi connectivity index (χ3n) is 5.08. The van der Waals surface area contributed by atoms with Gasteiger partial charge in [-0.25, -0.2) is 0 Å². The van der Waals surface area contributed by atoms with Crippen LogP contribution in [0.25, 0.3) is 0 Å². The molecule has 0 unspecified atom stereocenters. The van der Waals surface area contributed by atoms with Crippen molar-refractivity contribution in [2.45, 2.75) is 6.42 Å². The Morgan fingerprint density at radius 3 is 2.72 bits per heavy atom. The fourth-order valence-corrected chi connectivity index (χ4v) is 3.71. The second-order valence-corrected chi connectivity index (χ2v) is 7.47. The van der Waals surface area contributed by atoms with E-state index in [4.69, 9.17) is 21.6 Å². The summed E-state index contributed by atoms with van der Waals surface area (Å²) in [5.41, 5.74) is 2.88. The number of hydrogen-bond acceptors (Lipinski definition) is 6. The number of nitriles is 1. The first-order valence-electron chi connectivity index (χ1n) is 9.32. The highest BCUT2D eigenvalue weighted by atomic mass is 35.5. The number of carbonyl (C=O) groups is 2. The van der Waals surface area contributed by atoms with Crippen LogP contribution in [-0.4, -0.2) is 49.5 Å². The van der Waals surface area contributed by atoms with E-state index in [1.54, 1.807) is 30.3 Å².